The summed E-state index contributed by atoms with van der Waals surface area (Å²) in [4.78, 5) is 35.1. The average molecular weight is 447 g/mol. The molecule has 0 fully saturated rings. The Hall–Kier alpha value is -2.40. The van der Waals surface area contributed by atoms with Crippen molar-refractivity contribution in [2.45, 2.75) is 12.8 Å². The molecule has 0 radical (unpaired) electrons. The molecule has 142 valence electrons. The van der Waals surface area contributed by atoms with E-state index in [0.29, 0.717) is 10.3 Å². The summed E-state index contributed by atoms with van der Waals surface area (Å²) >= 11 is 5.94. The van der Waals surface area contributed by atoms with Crippen LogP contribution in [0.4, 0.5) is 10.3 Å². The van der Waals surface area contributed by atoms with E-state index >= 15 is 0 Å². The van der Waals surface area contributed by atoms with Crippen LogP contribution in [0.5, 0.6) is 0 Å². The molecule has 2 amide bonds. The zero-order valence-electron chi connectivity index (χ0n) is 14.4. The largest absolute Gasteiger partial charge is 0.302 e. The number of rotatable bonds is 7. The lowest BCUT2D eigenvalue weighted by Crippen LogP contribution is -2.17. The number of carbonyl (C=O) groups is 2. The lowest BCUT2D eigenvalue weighted by Gasteiger charge is -2.02. The average Bonchev–Trinajstić information content (AvgIpc) is 3.47. The topological polar surface area (TPSA) is 84.0 Å². The molecule has 0 aliphatic rings. The minimum absolute atomic E-state index is 0.0862. The summed E-state index contributed by atoms with van der Waals surface area (Å²) in [6.45, 7) is 0. The van der Waals surface area contributed by atoms with E-state index in [2.05, 4.69) is 20.6 Å². The molecule has 4 heterocycles. The number of nitrogens with one attached hydrogen (secondary N) is 2. The fourth-order valence-corrected chi connectivity index (χ4v) is 5.30. The van der Waals surface area contributed by atoms with Crippen molar-refractivity contribution in [3.8, 4) is 21.1 Å². The zero-order valence-corrected chi connectivity index (χ0v) is 17.6. The third kappa shape index (κ3) is 4.71. The van der Waals surface area contributed by atoms with Crippen molar-refractivity contribution in [2.24, 2.45) is 0 Å². The van der Waals surface area contributed by atoms with E-state index in [1.165, 1.54) is 22.7 Å². The van der Waals surface area contributed by atoms with Crippen molar-refractivity contribution in [3.63, 3.8) is 0 Å². The van der Waals surface area contributed by atoms with Gasteiger partial charge in [0.25, 0.3) is 0 Å². The molecule has 0 saturated carbocycles. The Kier molecular flexibility index (Phi) is 5.91. The third-order valence-corrected chi connectivity index (χ3v) is 6.93. The van der Waals surface area contributed by atoms with Crippen LogP contribution in [-0.2, 0) is 9.59 Å². The Bertz CT molecular complexity index is 981. The Morgan fingerprint density at radius 2 is 1.21 bits per heavy atom. The van der Waals surface area contributed by atoms with E-state index in [1.807, 2.05) is 45.8 Å². The van der Waals surface area contributed by atoms with Gasteiger partial charge in [-0.05, 0) is 22.9 Å². The molecule has 0 aliphatic carbocycles. The maximum Gasteiger partial charge on any atom is 0.226 e. The van der Waals surface area contributed by atoms with Gasteiger partial charge in [-0.2, -0.15) is 0 Å². The number of aromatic nitrogens is 2. The predicted molar refractivity (Wildman–Crippen MR) is 117 cm³/mol. The van der Waals surface area contributed by atoms with Gasteiger partial charge in [-0.15, -0.1) is 45.3 Å². The highest BCUT2D eigenvalue weighted by molar-refractivity contribution is 7.16. The number of anilines is 2. The van der Waals surface area contributed by atoms with Gasteiger partial charge < -0.3 is 10.6 Å². The van der Waals surface area contributed by atoms with Crippen molar-refractivity contribution in [3.05, 3.63) is 45.8 Å². The Morgan fingerprint density at radius 1 is 0.750 bits per heavy atom. The first-order valence-electron chi connectivity index (χ1n) is 8.26. The molecule has 4 aromatic heterocycles. The number of nitrogens with zero attached hydrogens (tertiary/aromatic N) is 2. The highest BCUT2D eigenvalue weighted by Gasteiger charge is 2.12. The summed E-state index contributed by atoms with van der Waals surface area (Å²) in [7, 11) is 0. The smallest absolute Gasteiger partial charge is 0.226 e. The molecule has 0 saturated heterocycles. The fraction of sp³-hybridized carbons (Fsp3) is 0.111. The number of hydrogen-bond acceptors (Lipinski definition) is 8. The first kappa shape index (κ1) is 18.9. The molecule has 0 bridgehead atoms. The maximum absolute atomic E-state index is 12.1. The molecular formula is C18H14N4O2S4. The molecule has 0 atom stereocenters. The van der Waals surface area contributed by atoms with Gasteiger partial charge in [0.15, 0.2) is 10.3 Å². The molecule has 0 spiro atoms. The molecule has 2 N–H and O–H groups in total. The minimum atomic E-state index is -0.236. The molecule has 0 unspecified atom stereocenters. The molecule has 28 heavy (non-hydrogen) atoms. The second kappa shape index (κ2) is 8.74. The van der Waals surface area contributed by atoms with Gasteiger partial charge in [-0.25, -0.2) is 9.97 Å². The van der Waals surface area contributed by atoms with E-state index in [0.717, 1.165) is 21.1 Å². The van der Waals surface area contributed by atoms with Gasteiger partial charge in [-0.1, -0.05) is 12.1 Å². The third-order valence-electron chi connectivity index (χ3n) is 3.63. The van der Waals surface area contributed by atoms with Crippen LogP contribution in [0.3, 0.4) is 0 Å². The predicted octanol–water partition coefficient (Wildman–Crippen LogP) is 5.41. The van der Waals surface area contributed by atoms with Crippen molar-refractivity contribution in [1.82, 2.24) is 9.97 Å². The summed E-state index contributed by atoms with van der Waals surface area (Å²) in [5.41, 5.74) is 1.69. The molecule has 0 aliphatic heterocycles. The lowest BCUT2D eigenvalue weighted by molar-refractivity contribution is -0.121. The van der Waals surface area contributed by atoms with Gasteiger partial charge in [0.05, 0.1) is 21.1 Å². The van der Waals surface area contributed by atoms with Crippen LogP contribution in [0.2, 0.25) is 0 Å². The summed E-state index contributed by atoms with van der Waals surface area (Å²) in [6.07, 6.45) is 0.172. The van der Waals surface area contributed by atoms with Crippen LogP contribution >= 0.6 is 45.3 Å². The van der Waals surface area contributed by atoms with E-state index in [4.69, 9.17) is 0 Å². The SMILES string of the molecule is O=C(CCC(=O)Nc1nc(-c2cccs2)cs1)Nc1nc(-c2cccs2)cs1. The summed E-state index contributed by atoms with van der Waals surface area (Å²) in [6, 6.07) is 7.89. The first-order valence-corrected chi connectivity index (χ1v) is 11.8. The Balaban J connectivity index is 1.25. The summed E-state index contributed by atoms with van der Waals surface area (Å²) in [5.74, 6) is -0.471. The standard InChI is InChI=1S/C18H14N4O2S4/c23-15(21-17-19-11(9-27-17)13-3-1-7-25-13)5-6-16(24)22-18-20-12(10-28-18)14-4-2-8-26-14/h1-4,7-10H,5-6H2,(H,19,21,23)(H,20,22,24). The summed E-state index contributed by atoms with van der Waals surface area (Å²) < 4.78 is 0. The number of thiophene rings is 2. The normalized spacial score (nSPS) is 10.7. The van der Waals surface area contributed by atoms with Crippen LogP contribution in [0.15, 0.2) is 45.8 Å². The zero-order chi connectivity index (χ0) is 19.3. The monoisotopic (exact) mass is 446 g/mol. The van der Waals surface area contributed by atoms with Gasteiger partial charge >= 0.3 is 0 Å². The second-order valence-corrected chi connectivity index (χ2v) is 9.24. The van der Waals surface area contributed by atoms with Crippen LogP contribution < -0.4 is 10.6 Å². The van der Waals surface area contributed by atoms with Gasteiger partial charge in [0.1, 0.15) is 0 Å². The Labute approximate surface area is 176 Å². The van der Waals surface area contributed by atoms with Crippen LogP contribution in [0.1, 0.15) is 12.8 Å². The molecule has 4 aromatic rings. The molecular weight excluding hydrogens is 432 g/mol. The number of amides is 2. The van der Waals surface area contributed by atoms with Crippen LogP contribution in [-0.4, -0.2) is 21.8 Å². The fourth-order valence-electron chi connectivity index (χ4n) is 2.33. The van der Waals surface area contributed by atoms with Crippen molar-refractivity contribution < 1.29 is 9.59 Å². The second-order valence-electron chi connectivity index (χ2n) is 5.63. The van der Waals surface area contributed by atoms with Crippen LogP contribution in [0, 0.1) is 0 Å². The van der Waals surface area contributed by atoms with Gasteiger partial charge in [0, 0.05) is 23.6 Å². The first-order chi connectivity index (χ1) is 13.7. The maximum atomic E-state index is 12.1. The van der Waals surface area contributed by atoms with Crippen molar-refractivity contribution in [1.29, 1.82) is 0 Å². The number of carbonyl (C=O) groups excluding carboxylic acids is 2. The van der Waals surface area contributed by atoms with Crippen molar-refractivity contribution in [2.75, 3.05) is 10.6 Å². The van der Waals surface area contributed by atoms with E-state index in [9.17, 15) is 9.59 Å². The molecule has 4 rings (SSSR count). The quantitative estimate of drug-likeness (QED) is 0.397. The molecule has 6 nitrogen and oxygen atoms in total. The van der Waals surface area contributed by atoms with E-state index < -0.39 is 0 Å². The highest BCUT2D eigenvalue weighted by Crippen LogP contribution is 2.29. The minimum Gasteiger partial charge on any atom is -0.302 e. The van der Waals surface area contributed by atoms with Crippen LogP contribution in [0.25, 0.3) is 21.1 Å². The van der Waals surface area contributed by atoms with E-state index in [1.54, 1.807) is 22.7 Å². The van der Waals surface area contributed by atoms with Crippen molar-refractivity contribution >= 4 is 67.4 Å². The highest BCUT2D eigenvalue weighted by atomic mass is 32.1. The molecule has 10 heteroatoms. The number of hydrogen-bond donors (Lipinski definition) is 2. The van der Waals surface area contributed by atoms with Gasteiger partial charge in [0.2, 0.25) is 11.8 Å². The lowest BCUT2D eigenvalue weighted by atomic mass is 10.3. The summed E-state index contributed by atoms with van der Waals surface area (Å²) in [5, 5.41) is 14.3. The molecule has 0 aromatic carbocycles. The van der Waals surface area contributed by atoms with E-state index in [-0.39, 0.29) is 24.7 Å². The van der Waals surface area contributed by atoms with Gasteiger partial charge in [-0.3, -0.25) is 9.59 Å². The Morgan fingerprint density at radius 3 is 1.61 bits per heavy atom. The number of thiazole rings is 2.